The number of methoxy groups -OCH3 is 1. The fourth-order valence-corrected chi connectivity index (χ4v) is 3.79. The average Bonchev–Trinajstić information content (AvgIpc) is 2.79. The van der Waals surface area contributed by atoms with Crippen molar-refractivity contribution in [1.29, 1.82) is 0 Å². The Morgan fingerprint density at radius 1 is 0.938 bits per heavy atom. The van der Waals surface area contributed by atoms with Gasteiger partial charge in [-0.25, -0.2) is 0 Å². The number of nitrogens with zero attached hydrogens (tertiary/aromatic N) is 1. The fraction of sp³-hybridized carbons (Fsp3) is 0.185. The number of fused-ring (bicyclic) bond motifs is 1. The zero-order valence-electron chi connectivity index (χ0n) is 18.7. The second-order valence-corrected chi connectivity index (χ2v) is 8.07. The summed E-state index contributed by atoms with van der Waals surface area (Å²) < 4.78 is 5.42. The second-order valence-electron chi connectivity index (χ2n) is 8.07. The summed E-state index contributed by atoms with van der Waals surface area (Å²) in [6.45, 7) is 6.16. The van der Waals surface area contributed by atoms with E-state index in [9.17, 15) is 9.59 Å². The van der Waals surface area contributed by atoms with Crippen LogP contribution in [0.4, 0.5) is 5.69 Å². The summed E-state index contributed by atoms with van der Waals surface area (Å²) in [6, 6.07) is 20.8. The molecule has 0 unspecified atom stereocenters. The molecule has 0 atom stereocenters. The maximum absolute atomic E-state index is 13.7. The maximum atomic E-state index is 13.7. The van der Waals surface area contributed by atoms with Gasteiger partial charge in [0.1, 0.15) is 5.75 Å². The number of nitrogens with one attached hydrogen (secondary N) is 1. The first-order chi connectivity index (χ1) is 15.4. The van der Waals surface area contributed by atoms with Gasteiger partial charge >= 0.3 is 0 Å². The third kappa shape index (κ3) is 4.14. The van der Waals surface area contributed by atoms with Crippen LogP contribution in [0.15, 0.2) is 71.5 Å². The number of para-hydroxylation sites is 1. The predicted octanol–water partition coefficient (Wildman–Crippen LogP) is 5.31. The van der Waals surface area contributed by atoms with Crippen molar-refractivity contribution in [2.75, 3.05) is 12.0 Å². The van der Waals surface area contributed by atoms with E-state index in [1.54, 1.807) is 30.2 Å². The van der Waals surface area contributed by atoms with Crippen LogP contribution in [0.2, 0.25) is 0 Å². The van der Waals surface area contributed by atoms with Gasteiger partial charge in [-0.3, -0.25) is 9.59 Å². The summed E-state index contributed by atoms with van der Waals surface area (Å²) in [4.78, 5) is 31.2. The van der Waals surface area contributed by atoms with Gasteiger partial charge in [0.05, 0.1) is 19.2 Å². The molecule has 5 nitrogen and oxygen atoms in total. The fourth-order valence-electron chi connectivity index (χ4n) is 3.79. The van der Waals surface area contributed by atoms with E-state index < -0.39 is 0 Å². The number of hydrogen-bond acceptors (Lipinski definition) is 3. The number of hydrogen-bond donors (Lipinski definition) is 1. The quantitative estimate of drug-likeness (QED) is 0.470. The molecule has 0 saturated heterocycles. The minimum absolute atomic E-state index is 0.137. The number of ether oxygens (including phenoxy) is 1. The number of aromatic nitrogens is 1. The number of benzene rings is 3. The second kappa shape index (κ2) is 8.71. The Hall–Kier alpha value is -3.86. The van der Waals surface area contributed by atoms with E-state index in [1.807, 2.05) is 69.3 Å². The van der Waals surface area contributed by atoms with Crippen LogP contribution < -0.4 is 15.2 Å². The molecule has 4 aromatic rings. The molecule has 1 aromatic heterocycles. The number of rotatable bonds is 5. The average molecular weight is 427 g/mol. The highest BCUT2D eigenvalue weighted by atomic mass is 16.5. The number of aromatic amines is 1. The van der Waals surface area contributed by atoms with Crippen molar-refractivity contribution in [3.05, 3.63) is 105 Å². The monoisotopic (exact) mass is 426 g/mol. The molecular weight excluding hydrogens is 400 g/mol. The number of aryl methyl sites for hydroxylation is 3. The molecule has 0 bridgehead atoms. The van der Waals surface area contributed by atoms with Gasteiger partial charge in [0.2, 0.25) is 0 Å². The molecule has 0 radical (unpaired) electrons. The van der Waals surface area contributed by atoms with Crippen molar-refractivity contribution >= 4 is 22.5 Å². The molecule has 0 aliphatic carbocycles. The zero-order chi connectivity index (χ0) is 22.8. The molecule has 0 aliphatic heterocycles. The van der Waals surface area contributed by atoms with Crippen LogP contribution in [-0.4, -0.2) is 18.0 Å². The number of H-pyrrole nitrogens is 1. The summed E-state index contributed by atoms with van der Waals surface area (Å²) in [5.41, 5.74) is 5.55. The van der Waals surface area contributed by atoms with E-state index in [4.69, 9.17) is 4.74 Å². The molecule has 1 N–H and O–H groups in total. The summed E-state index contributed by atoms with van der Waals surface area (Å²) in [7, 11) is 1.54. The molecule has 0 spiro atoms. The van der Waals surface area contributed by atoms with Gasteiger partial charge in [0, 0.05) is 16.8 Å². The number of pyridine rings is 1. The Balaban J connectivity index is 1.82. The van der Waals surface area contributed by atoms with Crippen LogP contribution in [0.1, 0.15) is 32.6 Å². The Morgan fingerprint density at radius 3 is 2.47 bits per heavy atom. The normalized spacial score (nSPS) is 10.9. The van der Waals surface area contributed by atoms with Crippen molar-refractivity contribution in [3.8, 4) is 5.75 Å². The van der Waals surface area contributed by atoms with Crippen molar-refractivity contribution in [2.24, 2.45) is 0 Å². The summed E-state index contributed by atoms with van der Waals surface area (Å²) in [6.07, 6.45) is 0. The van der Waals surface area contributed by atoms with E-state index in [0.29, 0.717) is 16.9 Å². The van der Waals surface area contributed by atoms with Crippen molar-refractivity contribution in [3.63, 3.8) is 0 Å². The van der Waals surface area contributed by atoms with E-state index in [0.717, 1.165) is 33.3 Å². The van der Waals surface area contributed by atoms with E-state index in [1.165, 1.54) is 0 Å². The van der Waals surface area contributed by atoms with Crippen LogP contribution in [0, 0.1) is 20.8 Å². The Labute approximate surface area is 187 Å². The SMILES string of the molecule is COc1ccccc1C(=O)N(Cc1cc2ccc(C)cc2[nH]c1=O)c1ccc(C)c(C)c1. The molecular formula is C27H26N2O3. The minimum atomic E-state index is -0.228. The molecule has 0 saturated carbocycles. The van der Waals surface area contributed by atoms with Gasteiger partial charge in [-0.2, -0.15) is 0 Å². The molecule has 1 heterocycles. The summed E-state index contributed by atoms with van der Waals surface area (Å²) in [5.74, 6) is 0.267. The van der Waals surface area contributed by atoms with Crippen LogP contribution >= 0.6 is 0 Å². The van der Waals surface area contributed by atoms with Crippen LogP contribution in [-0.2, 0) is 6.54 Å². The topological polar surface area (TPSA) is 62.4 Å². The van der Waals surface area contributed by atoms with Crippen molar-refractivity contribution in [2.45, 2.75) is 27.3 Å². The van der Waals surface area contributed by atoms with Gasteiger partial charge in [-0.05, 0) is 79.2 Å². The standard InChI is InChI=1S/C27H26N2O3/c1-17-9-11-20-15-21(26(30)28-24(20)13-17)16-29(22-12-10-18(2)19(3)14-22)27(31)23-7-5-6-8-25(23)32-4/h5-15H,16H2,1-4H3,(H,28,30). The third-order valence-electron chi connectivity index (χ3n) is 5.79. The van der Waals surface area contributed by atoms with Gasteiger partial charge in [0.25, 0.3) is 11.5 Å². The Kier molecular flexibility index (Phi) is 5.82. The van der Waals surface area contributed by atoms with Crippen LogP contribution in [0.5, 0.6) is 5.75 Å². The molecule has 32 heavy (non-hydrogen) atoms. The molecule has 0 aliphatic rings. The molecule has 1 amide bonds. The molecule has 3 aromatic carbocycles. The first-order valence-electron chi connectivity index (χ1n) is 10.5. The third-order valence-corrected chi connectivity index (χ3v) is 5.79. The lowest BCUT2D eigenvalue weighted by Crippen LogP contribution is -2.33. The summed E-state index contributed by atoms with van der Waals surface area (Å²) in [5, 5.41) is 0.926. The minimum Gasteiger partial charge on any atom is -0.496 e. The van der Waals surface area contributed by atoms with E-state index >= 15 is 0 Å². The lowest BCUT2D eigenvalue weighted by molar-refractivity contribution is 0.0982. The molecule has 4 rings (SSSR count). The van der Waals surface area contributed by atoms with Gasteiger partial charge in [-0.15, -0.1) is 0 Å². The Bertz CT molecular complexity index is 1370. The van der Waals surface area contributed by atoms with Crippen molar-refractivity contribution in [1.82, 2.24) is 4.98 Å². The maximum Gasteiger partial charge on any atom is 0.262 e. The lowest BCUT2D eigenvalue weighted by atomic mass is 10.1. The largest absolute Gasteiger partial charge is 0.496 e. The van der Waals surface area contributed by atoms with Crippen molar-refractivity contribution < 1.29 is 9.53 Å². The highest BCUT2D eigenvalue weighted by Crippen LogP contribution is 2.26. The van der Waals surface area contributed by atoms with E-state index in [-0.39, 0.29) is 18.0 Å². The predicted molar refractivity (Wildman–Crippen MR) is 129 cm³/mol. The van der Waals surface area contributed by atoms with Gasteiger partial charge in [-0.1, -0.05) is 30.3 Å². The van der Waals surface area contributed by atoms with Crippen LogP contribution in [0.25, 0.3) is 10.9 Å². The number of carbonyl (C=O) groups excluding carboxylic acids is 1. The van der Waals surface area contributed by atoms with Gasteiger partial charge < -0.3 is 14.6 Å². The zero-order valence-corrected chi connectivity index (χ0v) is 18.7. The highest BCUT2D eigenvalue weighted by molar-refractivity contribution is 6.08. The van der Waals surface area contributed by atoms with Gasteiger partial charge in [0.15, 0.2) is 0 Å². The smallest absolute Gasteiger partial charge is 0.262 e. The lowest BCUT2D eigenvalue weighted by Gasteiger charge is -2.24. The van der Waals surface area contributed by atoms with Crippen LogP contribution in [0.3, 0.4) is 0 Å². The Morgan fingerprint density at radius 2 is 1.72 bits per heavy atom. The molecule has 5 heteroatoms. The first-order valence-corrected chi connectivity index (χ1v) is 10.5. The molecule has 162 valence electrons. The van der Waals surface area contributed by atoms with E-state index in [2.05, 4.69) is 4.98 Å². The molecule has 0 fully saturated rings. The highest BCUT2D eigenvalue weighted by Gasteiger charge is 2.23. The summed E-state index contributed by atoms with van der Waals surface area (Å²) >= 11 is 0. The number of amides is 1. The first kappa shape index (κ1) is 21.4. The number of anilines is 1. The number of carbonyl (C=O) groups is 1.